The molecular formula is C30H34ClN7O3. The summed E-state index contributed by atoms with van der Waals surface area (Å²) in [5, 5.41) is 9.26. The number of rotatable bonds is 7. The highest BCUT2D eigenvalue weighted by atomic mass is 35.5. The molecule has 0 unspecified atom stereocenters. The number of nitrogens with one attached hydrogen (secondary N) is 3. The van der Waals surface area contributed by atoms with Crippen molar-refractivity contribution in [3.63, 3.8) is 0 Å². The van der Waals surface area contributed by atoms with Crippen molar-refractivity contribution in [1.82, 2.24) is 19.4 Å². The molecule has 0 radical (unpaired) electrons. The number of amides is 2. The van der Waals surface area contributed by atoms with E-state index in [1.165, 1.54) is 24.7 Å². The van der Waals surface area contributed by atoms with Crippen molar-refractivity contribution in [3.05, 3.63) is 77.5 Å². The minimum absolute atomic E-state index is 0.0430. The molecule has 0 bridgehead atoms. The number of hydrogen-bond donors (Lipinski definition) is 3. The largest absolute Gasteiger partial charge is 0.444 e. The second kappa shape index (κ2) is 12.1. The third-order valence-corrected chi connectivity index (χ3v) is 6.59. The van der Waals surface area contributed by atoms with Gasteiger partial charge in [0.2, 0.25) is 5.91 Å². The van der Waals surface area contributed by atoms with Gasteiger partial charge in [-0.05, 0) is 82.2 Å². The SMILES string of the molecule is CC(C)(C)OC(=O)Nc1cccc(Cl)c1.O=C(Nc1cc(NCc2cn3cc(C4CC4)ccc3n2)ncn1)C1CC1. The Morgan fingerprint density at radius 3 is 2.49 bits per heavy atom. The fourth-order valence-electron chi connectivity index (χ4n) is 4.07. The second-order valence-electron chi connectivity index (χ2n) is 11.3. The smallest absolute Gasteiger partial charge is 0.412 e. The number of carbonyl (C=O) groups is 2. The molecule has 41 heavy (non-hydrogen) atoms. The van der Waals surface area contributed by atoms with E-state index in [1.807, 2.05) is 27.0 Å². The summed E-state index contributed by atoms with van der Waals surface area (Å²) in [5.74, 6) is 2.13. The number of fused-ring (bicyclic) bond motifs is 1. The maximum absolute atomic E-state index is 11.8. The van der Waals surface area contributed by atoms with E-state index < -0.39 is 11.7 Å². The van der Waals surface area contributed by atoms with E-state index in [4.69, 9.17) is 16.3 Å². The van der Waals surface area contributed by atoms with Gasteiger partial charge < -0.3 is 19.8 Å². The summed E-state index contributed by atoms with van der Waals surface area (Å²) in [6, 6.07) is 12.9. The van der Waals surface area contributed by atoms with E-state index in [9.17, 15) is 9.59 Å². The van der Waals surface area contributed by atoms with Crippen LogP contribution in [0.3, 0.4) is 0 Å². The average Bonchev–Trinajstić information content (AvgIpc) is 3.83. The zero-order chi connectivity index (χ0) is 29.0. The van der Waals surface area contributed by atoms with Gasteiger partial charge in [-0.25, -0.2) is 19.7 Å². The lowest BCUT2D eigenvalue weighted by atomic mass is 10.2. The van der Waals surface area contributed by atoms with Crippen molar-refractivity contribution in [3.8, 4) is 0 Å². The minimum atomic E-state index is -0.497. The van der Waals surface area contributed by atoms with Crippen molar-refractivity contribution in [2.75, 3.05) is 16.0 Å². The number of anilines is 3. The molecule has 3 heterocycles. The normalized spacial score (nSPS) is 14.5. The van der Waals surface area contributed by atoms with Gasteiger partial charge in [0.25, 0.3) is 0 Å². The molecule has 2 saturated carbocycles. The van der Waals surface area contributed by atoms with E-state index in [-0.39, 0.29) is 11.8 Å². The molecule has 4 aromatic rings. The summed E-state index contributed by atoms with van der Waals surface area (Å²) < 4.78 is 7.18. The Morgan fingerprint density at radius 2 is 1.78 bits per heavy atom. The van der Waals surface area contributed by atoms with E-state index in [0.717, 1.165) is 30.1 Å². The van der Waals surface area contributed by atoms with Crippen LogP contribution >= 0.6 is 11.6 Å². The number of carbonyl (C=O) groups excluding carboxylic acids is 2. The van der Waals surface area contributed by atoms with Crippen LogP contribution in [0.25, 0.3) is 5.65 Å². The van der Waals surface area contributed by atoms with Crippen LogP contribution in [0.5, 0.6) is 0 Å². The molecule has 2 fully saturated rings. The lowest BCUT2D eigenvalue weighted by Crippen LogP contribution is -2.27. The van der Waals surface area contributed by atoms with Gasteiger partial charge in [0.15, 0.2) is 0 Å². The molecule has 2 aliphatic carbocycles. The first-order valence-corrected chi connectivity index (χ1v) is 14.1. The molecule has 0 spiro atoms. The highest BCUT2D eigenvalue weighted by Crippen LogP contribution is 2.39. The van der Waals surface area contributed by atoms with Crippen molar-refractivity contribution in [2.24, 2.45) is 5.92 Å². The fraction of sp³-hybridized carbons (Fsp3) is 0.367. The Morgan fingerprint density at radius 1 is 1.00 bits per heavy atom. The van der Waals surface area contributed by atoms with Crippen LogP contribution in [0.15, 0.2) is 61.2 Å². The summed E-state index contributed by atoms with van der Waals surface area (Å²) >= 11 is 5.77. The minimum Gasteiger partial charge on any atom is -0.444 e. The van der Waals surface area contributed by atoms with E-state index in [2.05, 4.69) is 53.6 Å². The summed E-state index contributed by atoms with van der Waals surface area (Å²) in [6.45, 7) is 5.99. The molecule has 0 aliphatic heterocycles. The summed E-state index contributed by atoms with van der Waals surface area (Å²) in [5.41, 5.74) is 3.41. The number of imidazole rings is 1. The van der Waals surface area contributed by atoms with Gasteiger partial charge in [0.1, 0.15) is 29.2 Å². The predicted molar refractivity (Wildman–Crippen MR) is 159 cm³/mol. The predicted octanol–water partition coefficient (Wildman–Crippen LogP) is 6.65. The van der Waals surface area contributed by atoms with E-state index in [1.54, 1.807) is 30.3 Å². The first kappa shape index (κ1) is 28.4. The van der Waals surface area contributed by atoms with Gasteiger partial charge in [0.05, 0.1) is 12.2 Å². The van der Waals surface area contributed by atoms with Crippen LogP contribution in [0.4, 0.5) is 22.1 Å². The Bertz CT molecular complexity index is 1540. The summed E-state index contributed by atoms with van der Waals surface area (Å²) in [4.78, 5) is 36.2. The molecule has 10 nitrogen and oxygen atoms in total. The molecule has 1 aromatic carbocycles. The van der Waals surface area contributed by atoms with E-state index in [0.29, 0.717) is 28.9 Å². The van der Waals surface area contributed by atoms with Gasteiger partial charge in [-0.15, -0.1) is 0 Å². The van der Waals surface area contributed by atoms with Crippen LogP contribution in [0.2, 0.25) is 5.02 Å². The highest BCUT2D eigenvalue weighted by molar-refractivity contribution is 6.30. The standard InChI is InChI=1S/C19H20N6O.C11H14ClNO2/c26-19(13-3-4-13)24-17-7-16(21-11-22-17)20-8-15-10-25-9-14(12-1-2-12)5-6-18(25)23-15;1-11(2,3)15-10(14)13-9-6-4-5-8(12)7-9/h5-7,9-13H,1-4,8H2,(H2,20,21,22,24,26);4-7H,1-3H3,(H,13,14). The number of benzene rings is 1. The zero-order valence-corrected chi connectivity index (χ0v) is 24.1. The second-order valence-corrected chi connectivity index (χ2v) is 11.7. The molecule has 214 valence electrons. The molecule has 0 saturated heterocycles. The first-order chi connectivity index (χ1) is 19.6. The molecule has 3 aromatic heterocycles. The van der Waals surface area contributed by atoms with Gasteiger partial charge in [-0.2, -0.15) is 0 Å². The number of aromatic nitrogens is 4. The molecule has 2 amide bonds. The van der Waals surface area contributed by atoms with Crippen molar-refractivity contribution >= 4 is 46.6 Å². The molecule has 6 rings (SSSR count). The topological polar surface area (TPSA) is 123 Å². The van der Waals surface area contributed by atoms with Gasteiger partial charge >= 0.3 is 6.09 Å². The van der Waals surface area contributed by atoms with Crippen molar-refractivity contribution in [1.29, 1.82) is 0 Å². The molecule has 0 atom stereocenters. The Hall–Kier alpha value is -4.18. The number of nitrogens with zero attached hydrogens (tertiary/aromatic N) is 4. The number of halogens is 1. The van der Waals surface area contributed by atoms with Crippen LogP contribution in [0.1, 0.15) is 63.6 Å². The maximum Gasteiger partial charge on any atom is 0.412 e. The number of pyridine rings is 1. The van der Waals surface area contributed by atoms with Gasteiger partial charge in [0, 0.05) is 35.1 Å². The summed E-state index contributed by atoms with van der Waals surface area (Å²) in [6.07, 6.45) is 9.73. The molecular weight excluding hydrogens is 542 g/mol. The summed E-state index contributed by atoms with van der Waals surface area (Å²) in [7, 11) is 0. The average molecular weight is 576 g/mol. The van der Waals surface area contributed by atoms with Crippen LogP contribution in [-0.2, 0) is 16.1 Å². The van der Waals surface area contributed by atoms with E-state index >= 15 is 0 Å². The third kappa shape index (κ3) is 8.65. The van der Waals surface area contributed by atoms with Crippen molar-refractivity contribution in [2.45, 2.75) is 64.5 Å². The number of ether oxygens (including phenoxy) is 1. The molecule has 2 aliphatic rings. The monoisotopic (exact) mass is 575 g/mol. The van der Waals surface area contributed by atoms with Crippen LogP contribution in [-0.4, -0.2) is 37.0 Å². The fourth-order valence-corrected chi connectivity index (χ4v) is 4.26. The molecule has 3 N–H and O–H groups in total. The lowest BCUT2D eigenvalue weighted by molar-refractivity contribution is -0.117. The Balaban J connectivity index is 0.000000193. The van der Waals surface area contributed by atoms with Crippen LogP contribution < -0.4 is 16.0 Å². The highest BCUT2D eigenvalue weighted by Gasteiger charge is 2.29. The Labute approximate surface area is 243 Å². The third-order valence-electron chi connectivity index (χ3n) is 6.36. The maximum atomic E-state index is 11.8. The quantitative estimate of drug-likeness (QED) is 0.225. The first-order valence-electron chi connectivity index (χ1n) is 13.7. The number of hydrogen-bond acceptors (Lipinski definition) is 7. The van der Waals surface area contributed by atoms with Crippen molar-refractivity contribution < 1.29 is 14.3 Å². The molecule has 11 heteroatoms. The van der Waals surface area contributed by atoms with Gasteiger partial charge in [-0.1, -0.05) is 23.7 Å². The Kier molecular flexibility index (Phi) is 8.39. The van der Waals surface area contributed by atoms with Gasteiger partial charge in [-0.3, -0.25) is 10.1 Å². The van der Waals surface area contributed by atoms with Crippen LogP contribution in [0, 0.1) is 5.92 Å². The lowest BCUT2D eigenvalue weighted by Gasteiger charge is -2.19. The zero-order valence-electron chi connectivity index (χ0n) is 23.4.